The molecule has 1 rings (SSSR count). The van der Waals surface area contributed by atoms with Crippen molar-refractivity contribution in [3.63, 3.8) is 0 Å². The van der Waals surface area contributed by atoms with Gasteiger partial charge in [-0.05, 0) is 26.3 Å². The van der Waals surface area contributed by atoms with E-state index in [4.69, 9.17) is 0 Å². The summed E-state index contributed by atoms with van der Waals surface area (Å²) in [6, 6.07) is 1.96. The molecular weight excluding hydrogens is 188 g/mol. The topological polar surface area (TPSA) is 38.1 Å². The Morgan fingerprint density at radius 3 is 2.80 bits per heavy atom. The molecule has 1 atom stereocenters. The Hall–Kier alpha value is -1.27. The van der Waals surface area contributed by atoms with E-state index < -0.39 is 6.10 Å². The zero-order valence-corrected chi connectivity index (χ0v) is 9.62. The second-order valence-electron chi connectivity index (χ2n) is 3.38. The van der Waals surface area contributed by atoms with E-state index in [1.165, 1.54) is 0 Å². The minimum absolute atomic E-state index is 0.478. The van der Waals surface area contributed by atoms with Crippen LogP contribution in [0.1, 0.15) is 44.7 Å². The van der Waals surface area contributed by atoms with Gasteiger partial charge >= 0.3 is 0 Å². The van der Waals surface area contributed by atoms with Crippen molar-refractivity contribution in [3.8, 4) is 11.8 Å². The fourth-order valence-electron chi connectivity index (χ4n) is 1.48. The number of aryl methyl sites for hydroxylation is 2. The van der Waals surface area contributed by atoms with Crippen LogP contribution < -0.4 is 0 Å². The predicted octanol–water partition coefficient (Wildman–Crippen LogP) is 1.91. The van der Waals surface area contributed by atoms with Crippen LogP contribution in [0, 0.1) is 11.8 Å². The fraction of sp³-hybridized carbons (Fsp3) is 0.583. The average molecular weight is 206 g/mol. The number of nitrogens with zero attached hydrogens (tertiary/aromatic N) is 2. The highest BCUT2D eigenvalue weighted by Crippen LogP contribution is 2.17. The average Bonchev–Trinajstić information content (AvgIpc) is 2.69. The molecule has 0 radical (unpaired) electrons. The van der Waals surface area contributed by atoms with Gasteiger partial charge in [0.1, 0.15) is 6.10 Å². The van der Waals surface area contributed by atoms with Gasteiger partial charge in [0.15, 0.2) is 0 Å². The van der Waals surface area contributed by atoms with Crippen LogP contribution in [-0.4, -0.2) is 14.9 Å². The first-order chi connectivity index (χ1) is 7.22. The van der Waals surface area contributed by atoms with Crippen molar-refractivity contribution in [1.82, 2.24) is 9.78 Å². The molecule has 0 saturated carbocycles. The second kappa shape index (κ2) is 5.57. The number of hydrogen-bond acceptors (Lipinski definition) is 2. The van der Waals surface area contributed by atoms with Gasteiger partial charge in [-0.15, -0.1) is 11.8 Å². The first-order valence-electron chi connectivity index (χ1n) is 5.37. The Morgan fingerprint density at radius 1 is 1.53 bits per heavy atom. The van der Waals surface area contributed by atoms with E-state index in [2.05, 4.69) is 23.9 Å². The Balaban J connectivity index is 2.88. The molecule has 0 spiro atoms. The maximum atomic E-state index is 9.91. The minimum atomic E-state index is -0.523. The summed E-state index contributed by atoms with van der Waals surface area (Å²) in [6.45, 7) is 6.64. The standard InChI is InChI=1S/C12H18N2O/c1-4-7-8-12(15)11-9-10(5-2)13-14(11)6-3/h9,12,15H,5-6,8H2,1-3H3. The third-order valence-corrected chi connectivity index (χ3v) is 2.34. The molecule has 0 aromatic carbocycles. The van der Waals surface area contributed by atoms with Gasteiger partial charge in [-0.3, -0.25) is 4.68 Å². The smallest absolute Gasteiger partial charge is 0.106 e. The van der Waals surface area contributed by atoms with Crippen molar-refractivity contribution in [3.05, 3.63) is 17.5 Å². The summed E-state index contributed by atoms with van der Waals surface area (Å²) in [4.78, 5) is 0. The normalized spacial score (nSPS) is 12.0. The number of rotatable bonds is 4. The summed E-state index contributed by atoms with van der Waals surface area (Å²) < 4.78 is 1.85. The van der Waals surface area contributed by atoms with E-state index in [1.807, 2.05) is 17.7 Å². The largest absolute Gasteiger partial charge is 0.386 e. The molecule has 1 unspecified atom stereocenters. The molecule has 0 fully saturated rings. The lowest BCUT2D eigenvalue weighted by molar-refractivity contribution is 0.172. The van der Waals surface area contributed by atoms with Gasteiger partial charge in [0.2, 0.25) is 0 Å². The molecular formula is C12H18N2O. The van der Waals surface area contributed by atoms with Crippen LogP contribution >= 0.6 is 0 Å². The van der Waals surface area contributed by atoms with Crippen LogP contribution in [-0.2, 0) is 13.0 Å². The molecule has 1 heterocycles. The van der Waals surface area contributed by atoms with Gasteiger partial charge in [0, 0.05) is 13.0 Å². The molecule has 0 aliphatic carbocycles. The Labute approximate surface area is 91.1 Å². The molecule has 0 amide bonds. The van der Waals surface area contributed by atoms with Crippen molar-refractivity contribution < 1.29 is 5.11 Å². The van der Waals surface area contributed by atoms with Crippen molar-refractivity contribution >= 4 is 0 Å². The van der Waals surface area contributed by atoms with Crippen molar-refractivity contribution in [2.45, 2.75) is 46.3 Å². The van der Waals surface area contributed by atoms with Gasteiger partial charge in [0.25, 0.3) is 0 Å². The van der Waals surface area contributed by atoms with Gasteiger partial charge < -0.3 is 5.11 Å². The summed E-state index contributed by atoms with van der Waals surface area (Å²) in [5, 5.41) is 14.3. The van der Waals surface area contributed by atoms with Crippen molar-refractivity contribution in [1.29, 1.82) is 0 Å². The Morgan fingerprint density at radius 2 is 2.27 bits per heavy atom. The van der Waals surface area contributed by atoms with E-state index in [9.17, 15) is 5.11 Å². The van der Waals surface area contributed by atoms with E-state index in [0.29, 0.717) is 6.42 Å². The number of aromatic nitrogens is 2. The third kappa shape index (κ3) is 2.84. The molecule has 3 heteroatoms. The van der Waals surface area contributed by atoms with Crippen LogP contribution in [0.2, 0.25) is 0 Å². The molecule has 0 aliphatic rings. The maximum absolute atomic E-state index is 9.91. The molecule has 0 saturated heterocycles. The first-order valence-corrected chi connectivity index (χ1v) is 5.37. The fourth-order valence-corrected chi connectivity index (χ4v) is 1.48. The molecule has 1 aromatic rings. The van der Waals surface area contributed by atoms with E-state index in [1.54, 1.807) is 6.92 Å². The summed E-state index contributed by atoms with van der Waals surface area (Å²) >= 11 is 0. The predicted molar refractivity (Wildman–Crippen MR) is 60.3 cm³/mol. The van der Waals surface area contributed by atoms with Crippen LogP contribution in [0.3, 0.4) is 0 Å². The van der Waals surface area contributed by atoms with Crippen LogP contribution in [0.15, 0.2) is 6.07 Å². The summed E-state index contributed by atoms with van der Waals surface area (Å²) in [5.41, 5.74) is 1.90. The highest BCUT2D eigenvalue weighted by atomic mass is 16.3. The number of aliphatic hydroxyl groups excluding tert-OH is 1. The highest BCUT2D eigenvalue weighted by molar-refractivity contribution is 5.15. The van der Waals surface area contributed by atoms with Crippen molar-refractivity contribution in [2.24, 2.45) is 0 Å². The molecule has 0 aliphatic heterocycles. The van der Waals surface area contributed by atoms with Crippen LogP contribution in [0.5, 0.6) is 0 Å². The summed E-state index contributed by atoms with van der Waals surface area (Å²) in [6.07, 6.45) is 0.850. The van der Waals surface area contributed by atoms with Gasteiger partial charge in [-0.25, -0.2) is 0 Å². The van der Waals surface area contributed by atoms with E-state index >= 15 is 0 Å². The molecule has 1 aromatic heterocycles. The molecule has 0 bridgehead atoms. The third-order valence-electron chi connectivity index (χ3n) is 2.34. The van der Waals surface area contributed by atoms with E-state index in [-0.39, 0.29) is 0 Å². The SMILES string of the molecule is CC#CCC(O)c1cc(CC)nn1CC. The Kier molecular flexibility index (Phi) is 4.38. The summed E-state index contributed by atoms with van der Waals surface area (Å²) in [5.74, 6) is 5.67. The van der Waals surface area contributed by atoms with Crippen LogP contribution in [0.4, 0.5) is 0 Å². The van der Waals surface area contributed by atoms with E-state index in [0.717, 1.165) is 24.4 Å². The maximum Gasteiger partial charge on any atom is 0.106 e. The quantitative estimate of drug-likeness (QED) is 0.764. The molecule has 15 heavy (non-hydrogen) atoms. The highest BCUT2D eigenvalue weighted by Gasteiger charge is 2.13. The van der Waals surface area contributed by atoms with Gasteiger partial charge in [-0.1, -0.05) is 6.92 Å². The summed E-state index contributed by atoms with van der Waals surface area (Å²) in [7, 11) is 0. The number of hydrogen-bond donors (Lipinski definition) is 1. The van der Waals surface area contributed by atoms with Gasteiger partial charge in [-0.2, -0.15) is 5.10 Å². The van der Waals surface area contributed by atoms with Crippen LogP contribution in [0.25, 0.3) is 0 Å². The molecule has 1 N–H and O–H groups in total. The second-order valence-corrected chi connectivity index (χ2v) is 3.38. The minimum Gasteiger partial charge on any atom is -0.386 e. The molecule has 3 nitrogen and oxygen atoms in total. The molecule has 82 valence electrons. The zero-order chi connectivity index (χ0) is 11.3. The number of aliphatic hydroxyl groups is 1. The zero-order valence-electron chi connectivity index (χ0n) is 9.62. The first kappa shape index (κ1) is 11.8. The van der Waals surface area contributed by atoms with Crippen molar-refractivity contribution in [2.75, 3.05) is 0 Å². The lowest BCUT2D eigenvalue weighted by Gasteiger charge is -2.08. The van der Waals surface area contributed by atoms with Gasteiger partial charge in [0.05, 0.1) is 11.4 Å². The lowest BCUT2D eigenvalue weighted by Crippen LogP contribution is -2.07. The monoisotopic (exact) mass is 206 g/mol. The Bertz CT molecular complexity index is 371. The lowest BCUT2D eigenvalue weighted by atomic mass is 10.1.